The summed E-state index contributed by atoms with van der Waals surface area (Å²) < 4.78 is 25.6. The number of hydrogen-bond acceptors (Lipinski definition) is 5. The van der Waals surface area contributed by atoms with Gasteiger partial charge in [0.2, 0.25) is 0 Å². The number of nitrogens with zero attached hydrogens (tertiary/aromatic N) is 2. The van der Waals surface area contributed by atoms with Gasteiger partial charge in [-0.15, -0.1) is 0 Å². The summed E-state index contributed by atoms with van der Waals surface area (Å²) in [7, 11) is -3.90. The lowest BCUT2D eigenvalue weighted by Crippen LogP contribution is -2.38. The van der Waals surface area contributed by atoms with E-state index >= 15 is 0 Å². The molecule has 1 N–H and O–H groups in total. The highest BCUT2D eigenvalue weighted by Gasteiger charge is 2.25. The van der Waals surface area contributed by atoms with Crippen molar-refractivity contribution in [3.05, 3.63) is 51.8 Å². The molecule has 0 saturated carbocycles. The molecule has 1 aromatic heterocycles. The number of aromatic nitrogens is 1. The molecule has 1 aliphatic rings. The van der Waals surface area contributed by atoms with Crippen LogP contribution in [0.15, 0.2) is 35.2 Å². The van der Waals surface area contributed by atoms with Crippen LogP contribution in [-0.2, 0) is 15.6 Å². The average molecular weight is 501 g/mol. The first-order valence-electron chi connectivity index (χ1n) is 10.9. The van der Waals surface area contributed by atoms with Crippen LogP contribution in [0.4, 0.5) is 0 Å². The van der Waals surface area contributed by atoms with E-state index in [0.717, 1.165) is 25.3 Å². The van der Waals surface area contributed by atoms with Gasteiger partial charge in [0.25, 0.3) is 5.91 Å². The quantitative estimate of drug-likeness (QED) is 0.545. The lowest BCUT2D eigenvalue weighted by atomic mass is 9.92. The number of carbonyl (C=O) groups excluding carboxylic acids is 1. The number of benzene rings is 1. The zero-order chi connectivity index (χ0) is 23.9. The van der Waals surface area contributed by atoms with Crippen molar-refractivity contribution in [1.82, 2.24) is 9.88 Å². The van der Waals surface area contributed by atoms with Crippen LogP contribution in [0.25, 0.3) is 0 Å². The molecule has 0 unspecified atom stereocenters. The molecule has 32 heavy (non-hydrogen) atoms. The predicted molar refractivity (Wildman–Crippen MR) is 128 cm³/mol. The van der Waals surface area contributed by atoms with Gasteiger partial charge in [0, 0.05) is 19.2 Å². The van der Waals surface area contributed by atoms with Crippen molar-refractivity contribution >= 4 is 38.9 Å². The maximum absolute atomic E-state index is 12.8. The fourth-order valence-corrected chi connectivity index (χ4v) is 5.79. The van der Waals surface area contributed by atoms with E-state index in [9.17, 15) is 18.3 Å². The van der Waals surface area contributed by atoms with Crippen LogP contribution in [0, 0.1) is 5.92 Å². The largest absolute Gasteiger partial charge is 0.506 e. The van der Waals surface area contributed by atoms with Crippen molar-refractivity contribution in [3.8, 4) is 5.75 Å². The van der Waals surface area contributed by atoms with E-state index < -0.39 is 15.6 Å². The van der Waals surface area contributed by atoms with Gasteiger partial charge in [-0.25, -0.2) is 13.4 Å². The number of amides is 1. The van der Waals surface area contributed by atoms with Crippen LogP contribution in [0.5, 0.6) is 5.75 Å². The van der Waals surface area contributed by atoms with Crippen LogP contribution in [0.2, 0.25) is 10.0 Å². The molecule has 9 heteroatoms. The summed E-state index contributed by atoms with van der Waals surface area (Å²) in [6.45, 7) is 7.54. The van der Waals surface area contributed by atoms with Crippen LogP contribution in [0.3, 0.4) is 0 Å². The zero-order valence-electron chi connectivity index (χ0n) is 18.6. The minimum absolute atomic E-state index is 0.0348. The highest BCUT2D eigenvalue weighted by Crippen LogP contribution is 2.34. The average Bonchev–Trinajstić information content (AvgIpc) is 2.77. The van der Waals surface area contributed by atoms with Crippen LogP contribution < -0.4 is 0 Å². The van der Waals surface area contributed by atoms with Gasteiger partial charge in [-0.2, -0.15) is 0 Å². The Bertz CT molecular complexity index is 1040. The molecule has 1 aliphatic heterocycles. The number of halogens is 2. The second-order valence-electron chi connectivity index (χ2n) is 7.53. The van der Waals surface area contributed by atoms with Gasteiger partial charge in [0.15, 0.2) is 9.84 Å². The monoisotopic (exact) mass is 500 g/mol. The smallest absolute Gasteiger partial charge is 0.272 e. The maximum atomic E-state index is 12.8. The second kappa shape index (κ2) is 11.9. The summed E-state index contributed by atoms with van der Waals surface area (Å²) >= 11 is 11.8. The molecule has 176 valence electrons. The first kappa shape index (κ1) is 26.4. The van der Waals surface area contributed by atoms with Crippen LogP contribution in [-0.4, -0.2) is 42.4 Å². The van der Waals surface area contributed by atoms with E-state index in [-0.39, 0.29) is 38.0 Å². The maximum Gasteiger partial charge on any atom is 0.272 e. The number of piperidine rings is 1. The molecule has 0 bridgehead atoms. The molecule has 1 aromatic carbocycles. The molecule has 1 saturated heterocycles. The molecule has 1 fully saturated rings. The van der Waals surface area contributed by atoms with Crippen molar-refractivity contribution < 1.29 is 18.3 Å². The molecule has 6 nitrogen and oxygen atoms in total. The molecular formula is C23H30Cl2N2O4S. The molecule has 2 aromatic rings. The van der Waals surface area contributed by atoms with E-state index in [1.54, 1.807) is 23.1 Å². The summed E-state index contributed by atoms with van der Waals surface area (Å²) in [6, 6.07) is 6.97. The fourth-order valence-electron chi connectivity index (χ4n) is 3.70. The highest BCUT2D eigenvalue weighted by atomic mass is 35.5. The SMILES string of the molecule is CC.CCCC1CCN(C(=O)c2cccc(CS(=O)(=O)c3cc(O)c(Cl)cc3Cl)n2)CC1. The Hall–Kier alpha value is -1.83. The third-order valence-electron chi connectivity index (χ3n) is 5.30. The number of aromatic hydroxyl groups is 1. The molecule has 0 radical (unpaired) electrons. The molecule has 0 aliphatic carbocycles. The predicted octanol–water partition coefficient (Wildman–Crippen LogP) is 5.75. The highest BCUT2D eigenvalue weighted by molar-refractivity contribution is 7.90. The Kier molecular flexibility index (Phi) is 9.80. The second-order valence-corrected chi connectivity index (χ2v) is 10.3. The number of likely N-dealkylation sites (tertiary alicyclic amines) is 1. The third-order valence-corrected chi connectivity index (χ3v) is 7.71. The lowest BCUT2D eigenvalue weighted by molar-refractivity contribution is 0.0680. The molecule has 0 spiro atoms. The topological polar surface area (TPSA) is 87.6 Å². The summed E-state index contributed by atoms with van der Waals surface area (Å²) in [5.41, 5.74) is 0.453. The molecule has 2 heterocycles. The standard InChI is InChI=1S/C21H24Cl2N2O4S.C2H6/c1-2-4-14-7-9-25(10-8-14)21(27)18-6-3-5-15(24-18)13-30(28,29)20-12-19(26)16(22)11-17(20)23;1-2/h3,5-6,11-12,14,26H,2,4,7-10,13H2,1H3;1-2H3. The molecule has 1 amide bonds. The van der Waals surface area contributed by atoms with E-state index in [1.807, 2.05) is 13.8 Å². The number of carbonyl (C=O) groups is 1. The van der Waals surface area contributed by atoms with Gasteiger partial charge in [-0.1, -0.05) is 62.9 Å². The van der Waals surface area contributed by atoms with Gasteiger partial charge in [-0.3, -0.25) is 4.79 Å². The zero-order valence-corrected chi connectivity index (χ0v) is 21.0. The summed E-state index contributed by atoms with van der Waals surface area (Å²) in [4.78, 5) is 18.7. The minimum atomic E-state index is -3.90. The number of hydrogen-bond donors (Lipinski definition) is 1. The number of phenolic OH excluding ortho intramolecular Hbond substituents is 1. The van der Waals surface area contributed by atoms with Gasteiger partial charge in [-0.05, 0) is 37.0 Å². The van der Waals surface area contributed by atoms with Crippen LogP contribution >= 0.6 is 23.2 Å². The van der Waals surface area contributed by atoms with Crippen molar-refractivity contribution in [2.24, 2.45) is 5.92 Å². The Morgan fingerprint density at radius 3 is 2.44 bits per heavy atom. The molecule has 0 atom stereocenters. The summed E-state index contributed by atoms with van der Waals surface area (Å²) in [6.07, 6.45) is 4.28. The van der Waals surface area contributed by atoms with E-state index in [2.05, 4.69) is 11.9 Å². The lowest BCUT2D eigenvalue weighted by Gasteiger charge is -2.31. The first-order chi connectivity index (χ1) is 15.2. The van der Waals surface area contributed by atoms with E-state index in [0.29, 0.717) is 19.0 Å². The van der Waals surface area contributed by atoms with Crippen molar-refractivity contribution in [2.75, 3.05) is 13.1 Å². The van der Waals surface area contributed by atoms with Crippen molar-refractivity contribution in [3.63, 3.8) is 0 Å². The third kappa shape index (κ3) is 6.59. The van der Waals surface area contributed by atoms with Crippen LogP contribution in [0.1, 0.15) is 62.6 Å². The van der Waals surface area contributed by atoms with Gasteiger partial charge >= 0.3 is 0 Å². The number of rotatable bonds is 6. The first-order valence-corrected chi connectivity index (χ1v) is 13.3. The van der Waals surface area contributed by atoms with Gasteiger partial charge in [0.05, 0.1) is 26.4 Å². The molecule has 3 rings (SSSR count). The number of pyridine rings is 1. The normalized spacial score (nSPS) is 14.6. The minimum Gasteiger partial charge on any atom is -0.506 e. The van der Waals surface area contributed by atoms with E-state index in [4.69, 9.17) is 23.2 Å². The van der Waals surface area contributed by atoms with Crippen molar-refractivity contribution in [2.45, 2.75) is 57.1 Å². The Morgan fingerprint density at radius 2 is 1.81 bits per heavy atom. The van der Waals surface area contributed by atoms with Gasteiger partial charge < -0.3 is 10.0 Å². The summed E-state index contributed by atoms with van der Waals surface area (Å²) in [5.74, 6) is -0.355. The molecular weight excluding hydrogens is 471 g/mol. The Labute approximate surface area is 200 Å². The Balaban J connectivity index is 0.00000176. The van der Waals surface area contributed by atoms with Crippen molar-refractivity contribution in [1.29, 1.82) is 0 Å². The van der Waals surface area contributed by atoms with E-state index in [1.165, 1.54) is 12.5 Å². The summed E-state index contributed by atoms with van der Waals surface area (Å²) in [5, 5.41) is 9.63. The fraction of sp³-hybridized carbons (Fsp3) is 0.478. The Morgan fingerprint density at radius 1 is 1.16 bits per heavy atom. The number of phenols is 1. The number of sulfone groups is 1. The van der Waals surface area contributed by atoms with Gasteiger partial charge in [0.1, 0.15) is 11.4 Å².